The molecule has 0 fully saturated rings. The highest BCUT2D eigenvalue weighted by Crippen LogP contribution is 2.34. The van der Waals surface area contributed by atoms with Crippen LogP contribution in [0.4, 0.5) is 22.0 Å². The average Bonchev–Trinajstić information content (AvgIpc) is 2.52. The zero-order valence-corrected chi connectivity index (χ0v) is 8.36. The molecule has 2 aromatic rings. The van der Waals surface area contributed by atoms with Gasteiger partial charge in [-0.15, -0.1) is 13.2 Å². The summed E-state index contributed by atoms with van der Waals surface area (Å²) in [5, 5.41) is -0.261. The summed E-state index contributed by atoms with van der Waals surface area (Å²) in [6.07, 6.45) is -5.16. The van der Waals surface area contributed by atoms with Crippen LogP contribution in [0.2, 0.25) is 0 Å². The molecule has 92 valence electrons. The van der Waals surface area contributed by atoms with E-state index in [2.05, 4.69) is 4.74 Å². The van der Waals surface area contributed by atoms with Gasteiger partial charge in [0, 0.05) is 6.07 Å². The Hall–Kier alpha value is -1.79. The summed E-state index contributed by atoms with van der Waals surface area (Å²) in [4.78, 5) is 0. The Morgan fingerprint density at radius 3 is 2.41 bits per heavy atom. The van der Waals surface area contributed by atoms with Gasteiger partial charge in [-0.1, -0.05) is 0 Å². The molecule has 0 aliphatic heterocycles. The van der Waals surface area contributed by atoms with E-state index in [4.69, 9.17) is 4.42 Å². The van der Waals surface area contributed by atoms with Crippen LogP contribution in [0.15, 0.2) is 16.5 Å². The number of aryl methyl sites for hydroxylation is 1. The molecule has 0 atom stereocenters. The maximum Gasteiger partial charge on any atom is 0.573 e. The number of alkyl halides is 3. The number of fused-ring (bicyclic) bond motifs is 1. The number of rotatable bonds is 1. The first-order valence-corrected chi connectivity index (χ1v) is 4.42. The molecule has 7 heteroatoms. The Morgan fingerprint density at radius 2 is 1.82 bits per heavy atom. The van der Waals surface area contributed by atoms with E-state index in [1.54, 1.807) is 0 Å². The maximum absolute atomic E-state index is 13.5. The molecule has 1 aromatic carbocycles. The van der Waals surface area contributed by atoms with Gasteiger partial charge in [-0.25, -0.2) is 8.78 Å². The fraction of sp³-hybridized carbons (Fsp3) is 0.200. The van der Waals surface area contributed by atoms with Crippen molar-refractivity contribution < 1.29 is 31.1 Å². The van der Waals surface area contributed by atoms with Gasteiger partial charge in [0.25, 0.3) is 0 Å². The van der Waals surface area contributed by atoms with Crippen LogP contribution in [-0.4, -0.2) is 6.36 Å². The van der Waals surface area contributed by atoms with Crippen molar-refractivity contribution in [1.29, 1.82) is 0 Å². The maximum atomic E-state index is 13.5. The molecule has 1 heterocycles. The standard InChI is InChI=1S/C10H5F5O2/c1-4-2-5-7(16-4)3-6(11)9(8(5)12)17-10(13,14)15/h2-3H,1H3. The van der Waals surface area contributed by atoms with Crippen LogP contribution in [0.5, 0.6) is 5.75 Å². The Kier molecular flexibility index (Phi) is 2.48. The van der Waals surface area contributed by atoms with Crippen molar-refractivity contribution in [3.8, 4) is 5.75 Å². The molecule has 0 aliphatic rings. The molecular formula is C10H5F5O2. The topological polar surface area (TPSA) is 22.4 Å². The van der Waals surface area contributed by atoms with Crippen molar-refractivity contribution in [3.05, 3.63) is 29.5 Å². The molecule has 2 rings (SSSR count). The third kappa shape index (κ3) is 2.17. The quantitative estimate of drug-likeness (QED) is 0.718. The van der Waals surface area contributed by atoms with Gasteiger partial charge < -0.3 is 9.15 Å². The summed E-state index contributed by atoms with van der Waals surface area (Å²) in [6, 6.07) is 1.81. The van der Waals surface area contributed by atoms with E-state index in [1.165, 1.54) is 6.92 Å². The van der Waals surface area contributed by atoms with Crippen LogP contribution in [0, 0.1) is 18.6 Å². The number of halogens is 5. The van der Waals surface area contributed by atoms with Gasteiger partial charge >= 0.3 is 6.36 Å². The summed E-state index contributed by atoms with van der Waals surface area (Å²) >= 11 is 0. The van der Waals surface area contributed by atoms with Crippen molar-refractivity contribution >= 4 is 11.0 Å². The third-order valence-electron chi connectivity index (χ3n) is 2.01. The predicted octanol–water partition coefficient (Wildman–Crippen LogP) is 3.92. The number of furan rings is 1. The first kappa shape index (κ1) is 11.7. The molecule has 0 spiro atoms. The number of hydrogen-bond donors (Lipinski definition) is 0. The number of hydrogen-bond acceptors (Lipinski definition) is 2. The lowest BCUT2D eigenvalue weighted by molar-refractivity contribution is -0.276. The first-order chi connectivity index (χ1) is 7.78. The Labute approximate surface area is 91.6 Å². The third-order valence-corrected chi connectivity index (χ3v) is 2.01. The van der Waals surface area contributed by atoms with Crippen LogP contribution >= 0.6 is 0 Å². The van der Waals surface area contributed by atoms with E-state index in [0.717, 1.165) is 6.07 Å². The van der Waals surface area contributed by atoms with Crippen molar-refractivity contribution in [2.45, 2.75) is 13.3 Å². The lowest BCUT2D eigenvalue weighted by Gasteiger charge is -2.10. The Balaban J connectivity index is 2.63. The van der Waals surface area contributed by atoms with Crippen LogP contribution in [0.1, 0.15) is 5.76 Å². The lowest BCUT2D eigenvalue weighted by Crippen LogP contribution is -2.18. The second-order valence-electron chi connectivity index (χ2n) is 3.32. The average molecular weight is 252 g/mol. The predicted molar refractivity (Wildman–Crippen MR) is 47.6 cm³/mol. The largest absolute Gasteiger partial charge is 0.573 e. The molecular weight excluding hydrogens is 247 g/mol. The van der Waals surface area contributed by atoms with E-state index < -0.39 is 23.7 Å². The van der Waals surface area contributed by atoms with Gasteiger partial charge in [0.05, 0.1) is 5.39 Å². The van der Waals surface area contributed by atoms with Gasteiger partial charge in [-0.05, 0) is 13.0 Å². The molecule has 0 unspecified atom stereocenters. The molecule has 0 N–H and O–H groups in total. The molecule has 17 heavy (non-hydrogen) atoms. The van der Waals surface area contributed by atoms with Crippen LogP contribution < -0.4 is 4.74 Å². The number of ether oxygens (including phenoxy) is 1. The van der Waals surface area contributed by atoms with Crippen molar-refractivity contribution in [3.63, 3.8) is 0 Å². The van der Waals surface area contributed by atoms with E-state index >= 15 is 0 Å². The molecule has 0 amide bonds. The van der Waals surface area contributed by atoms with Crippen molar-refractivity contribution in [1.82, 2.24) is 0 Å². The van der Waals surface area contributed by atoms with Crippen LogP contribution in [0.25, 0.3) is 11.0 Å². The summed E-state index contributed by atoms with van der Waals surface area (Å²) < 4.78 is 70.7. The van der Waals surface area contributed by atoms with Gasteiger partial charge in [0.2, 0.25) is 5.75 Å². The molecule has 0 aliphatic carbocycles. The molecule has 0 saturated heterocycles. The summed E-state index contributed by atoms with van der Waals surface area (Å²) in [5.41, 5.74) is -0.174. The fourth-order valence-electron chi connectivity index (χ4n) is 1.43. The molecule has 0 bridgehead atoms. The minimum Gasteiger partial charge on any atom is -0.461 e. The summed E-state index contributed by atoms with van der Waals surface area (Å²) in [6.45, 7) is 1.46. The summed E-state index contributed by atoms with van der Waals surface area (Å²) in [5.74, 6) is -4.14. The fourth-order valence-corrected chi connectivity index (χ4v) is 1.43. The van der Waals surface area contributed by atoms with E-state index in [-0.39, 0.29) is 16.7 Å². The van der Waals surface area contributed by atoms with Gasteiger partial charge in [0.1, 0.15) is 11.3 Å². The molecule has 0 radical (unpaired) electrons. The van der Waals surface area contributed by atoms with E-state index in [0.29, 0.717) is 6.07 Å². The van der Waals surface area contributed by atoms with Crippen LogP contribution in [-0.2, 0) is 0 Å². The molecule has 2 nitrogen and oxygen atoms in total. The highest BCUT2D eigenvalue weighted by molar-refractivity contribution is 5.80. The van der Waals surface area contributed by atoms with Gasteiger partial charge in [-0.2, -0.15) is 0 Å². The van der Waals surface area contributed by atoms with Crippen molar-refractivity contribution in [2.24, 2.45) is 0 Å². The van der Waals surface area contributed by atoms with Gasteiger partial charge in [-0.3, -0.25) is 0 Å². The Bertz CT molecular complexity index is 570. The monoisotopic (exact) mass is 252 g/mol. The minimum absolute atomic E-state index is 0.174. The van der Waals surface area contributed by atoms with E-state index in [9.17, 15) is 22.0 Å². The lowest BCUT2D eigenvalue weighted by atomic mass is 10.2. The zero-order chi connectivity index (χ0) is 12.8. The van der Waals surface area contributed by atoms with Crippen LogP contribution in [0.3, 0.4) is 0 Å². The second-order valence-corrected chi connectivity index (χ2v) is 3.32. The number of benzene rings is 1. The first-order valence-electron chi connectivity index (χ1n) is 4.42. The normalized spacial score (nSPS) is 12.1. The summed E-state index contributed by atoms with van der Waals surface area (Å²) in [7, 11) is 0. The van der Waals surface area contributed by atoms with Crippen molar-refractivity contribution in [2.75, 3.05) is 0 Å². The minimum atomic E-state index is -5.16. The zero-order valence-electron chi connectivity index (χ0n) is 8.36. The molecule has 1 aromatic heterocycles. The second kappa shape index (κ2) is 3.61. The Morgan fingerprint density at radius 1 is 1.18 bits per heavy atom. The smallest absolute Gasteiger partial charge is 0.461 e. The highest BCUT2D eigenvalue weighted by Gasteiger charge is 2.34. The van der Waals surface area contributed by atoms with E-state index in [1.807, 2.05) is 0 Å². The molecule has 0 saturated carbocycles. The van der Waals surface area contributed by atoms with Gasteiger partial charge in [0.15, 0.2) is 11.6 Å². The highest BCUT2D eigenvalue weighted by atomic mass is 19.4. The SMILES string of the molecule is Cc1cc2c(F)c(OC(F)(F)F)c(F)cc2o1.